The van der Waals surface area contributed by atoms with Gasteiger partial charge in [-0.05, 0) is 40.9 Å². The highest BCUT2D eigenvalue weighted by Gasteiger charge is 2.14. The molecule has 1 N–H and O–H groups in total. The fourth-order valence-electron chi connectivity index (χ4n) is 2.31. The molecule has 0 atom stereocenters. The number of nitrogens with one attached hydrogen (secondary N) is 1. The number of ether oxygens (including phenoxy) is 1. The van der Waals surface area contributed by atoms with Crippen LogP contribution in [-0.4, -0.2) is 24.2 Å². The summed E-state index contributed by atoms with van der Waals surface area (Å²) in [6.45, 7) is 1.70. The first-order chi connectivity index (χ1) is 8.83. The number of benzene rings is 1. The van der Waals surface area contributed by atoms with Crippen molar-refractivity contribution in [2.24, 2.45) is 0 Å². The van der Waals surface area contributed by atoms with E-state index in [2.05, 4.69) is 50.5 Å². The number of rotatable bonds is 2. The third-order valence-corrected chi connectivity index (χ3v) is 3.69. The van der Waals surface area contributed by atoms with E-state index in [0.717, 1.165) is 47.1 Å². The number of aromatic nitrogens is 1. The van der Waals surface area contributed by atoms with E-state index in [1.54, 1.807) is 0 Å². The number of nitrogens with zero attached hydrogens (tertiary/aromatic N) is 1. The van der Waals surface area contributed by atoms with Crippen molar-refractivity contribution in [2.45, 2.75) is 18.9 Å². The molecule has 1 fully saturated rings. The molecule has 1 saturated heterocycles. The van der Waals surface area contributed by atoms with Gasteiger partial charge in [0.2, 0.25) is 0 Å². The molecular formula is C14H15BrN2O. The zero-order valence-electron chi connectivity index (χ0n) is 10.0. The predicted octanol–water partition coefficient (Wildman–Crippen LogP) is 3.59. The monoisotopic (exact) mass is 306 g/mol. The minimum Gasteiger partial charge on any atom is -0.381 e. The molecule has 3 rings (SSSR count). The highest BCUT2D eigenvalue weighted by atomic mass is 79.9. The lowest BCUT2D eigenvalue weighted by Crippen LogP contribution is -2.27. The summed E-state index contributed by atoms with van der Waals surface area (Å²) in [4.78, 5) is 4.51. The lowest BCUT2D eigenvalue weighted by atomic mass is 10.1. The fraction of sp³-hybridized carbons (Fsp3) is 0.357. The Morgan fingerprint density at radius 2 is 2.11 bits per heavy atom. The van der Waals surface area contributed by atoms with Crippen molar-refractivity contribution in [3.05, 3.63) is 34.9 Å². The molecule has 1 aromatic heterocycles. The Bertz CT molecular complexity index is 552. The van der Waals surface area contributed by atoms with E-state index in [0.29, 0.717) is 6.04 Å². The quantitative estimate of drug-likeness (QED) is 0.920. The van der Waals surface area contributed by atoms with Gasteiger partial charge in [-0.25, -0.2) is 0 Å². The normalized spacial score (nSPS) is 16.9. The van der Waals surface area contributed by atoms with Crippen LogP contribution in [0.3, 0.4) is 0 Å². The number of para-hydroxylation sites is 1. The predicted molar refractivity (Wildman–Crippen MR) is 76.9 cm³/mol. The topological polar surface area (TPSA) is 34.2 Å². The number of hydrogen-bond acceptors (Lipinski definition) is 3. The second-order valence-corrected chi connectivity index (χ2v) is 5.48. The summed E-state index contributed by atoms with van der Waals surface area (Å²) in [5.41, 5.74) is 2.15. The largest absolute Gasteiger partial charge is 0.381 e. The van der Waals surface area contributed by atoms with Crippen molar-refractivity contribution in [3.8, 4) is 0 Å². The van der Waals surface area contributed by atoms with Crippen LogP contribution in [0.15, 0.2) is 34.9 Å². The van der Waals surface area contributed by atoms with E-state index in [4.69, 9.17) is 4.74 Å². The first kappa shape index (κ1) is 11.9. The zero-order chi connectivity index (χ0) is 12.4. The van der Waals surface area contributed by atoms with Crippen LogP contribution in [0.5, 0.6) is 0 Å². The Balaban J connectivity index is 1.91. The van der Waals surface area contributed by atoms with Crippen LogP contribution >= 0.6 is 15.9 Å². The number of halogens is 1. The first-order valence-corrected chi connectivity index (χ1v) is 7.01. The van der Waals surface area contributed by atoms with Crippen molar-refractivity contribution in [1.29, 1.82) is 0 Å². The lowest BCUT2D eigenvalue weighted by Gasteiger charge is -2.24. The summed E-state index contributed by atoms with van der Waals surface area (Å²) >= 11 is 3.46. The van der Waals surface area contributed by atoms with E-state index < -0.39 is 0 Å². The molecule has 1 aliphatic rings. The van der Waals surface area contributed by atoms with Crippen LogP contribution < -0.4 is 5.32 Å². The van der Waals surface area contributed by atoms with Crippen molar-refractivity contribution in [2.75, 3.05) is 18.5 Å². The van der Waals surface area contributed by atoms with Crippen LogP contribution in [0.4, 0.5) is 5.69 Å². The van der Waals surface area contributed by atoms with Gasteiger partial charge in [0.05, 0.1) is 11.2 Å². The van der Waals surface area contributed by atoms with Gasteiger partial charge in [0.1, 0.15) is 0 Å². The van der Waals surface area contributed by atoms with Gasteiger partial charge in [0.25, 0.3) is 0 Å². The van der Waals surface area contributed by atoms with Crippen LogP contribution in [0, 0.1) is 0 Å². The van der Waals surface area contributed by atoms with E-state index in [1.165, 1.54) is 0 Å². The summed E-state index contributed by atoms with van der Waals surface area (Å²) in [6.07, 6.45) is 3.97. The van der Waals surface area contributed by atoms with Crippen molar-refractivity contribution in [1.82, 2.24) is 4.98 Å². The maximum Gasteiger partial charge on any atom is 0.0934 e. The van der Waals surface area contributed by atoms with Gasteiger partial charge in [0, 0.05) is 35.3 Å². The Morgan fingerprint density at radius 3 is 2.94 bits per heavy atom. The number of fused-ring (bicyclic) bond motifs is 1. The van der Waals surface area contributed by atoms with Gasteiger partial charge in [-0.2, -0.15) is 0 Å². The van der Waals surface area contributed by atoms with Crippen LogP contribution in [-0.2, 0) is 4.74 Å². The molecule has 1 aliphatic heterocycles. The molecular weight excluding hydrogens is 292 g/mol. The van der Waals surface area contributed by atoms with Crippen molar-refractivity contribution >= 4 is 32.5 Å². The summed E-state index contributed by atoms with van der Waals surface area (Å²) in [5.74, 6) is 0. The fourth-order valence-corrected chi connectivity index (χ4v) is 2.66. The average Bonchev–Trinajstić information content (AvgIpc) is 2.40. The molecule has 0 saturated carbocycles. The second kappa shape index (κ2) is 5.24. The molecule has 3 nitrogen and oxygen atoms in total. The average molecular weight is 307 g/mol. The molecule has 18 heavy (non-hydrogen) atoms. The minimum absolute atomic E-state index is 0.495. The van der Waals surface area contributed by atoms with E-state index >= 15 is 0 Å². The highest BCUT2D eigenvalue weighted by Crippen LogP contribution is 2.25. The second-order valence-electron chi connectivity index (χ2n) is 4.56. The summed E-state index contributed by atoms with van der Waals surface area (Å²) in [6, 6.07) is 8.84. The Hall–Kier alpha value is -1.13. The Labute approximate surface area is 115 Å². The molecule has 0 bridgehead atoms. The van der Waals surface area contributed by atoms with E-state index in [9.17, 15) is 0 Å². The third-order valence-electron chi connectivity index (χ3n) is 3.26. The third kappa shape index (κ3) is 2.49. The first-order valence-electron chi connectivity index (χ1n) is 6.21. The molecule has 0 aliphatic carbocycles. The minimum atomic E-state index is 0.495. The highest BCUT2D eigenvalue weighted by molar-refractivity contribution is 9.10. The lowest BCUT2D eigenvalue weighted by molar-refractivity contribution is 0.0905. The van der Waals surface area contributed by atoms with Gasteiger partial charge < -0.3 is 10.1 Å². The molecule has 94 valence electrons. The molecule has 0 unspecified atom stereocenters. The summed E-state index contributed by atoms with van der Waals surface area (Å²) in [5, 5.41) is 4.74. The number of hydrogen-bond donors (Lipinski definition) is 1. The summed E-state index contributed by atoms with van der Waals surface area (Å²) in [7, 11) is 0. The Morgan fingerprint density at radius 1 is 1.28 bits per heavy atom. The van der Waals surface area contributed by atoms with E-state index in [1.807, 2.05) is 6.20 Å². The standard InChI is InChI=1S/C14H15BrN2O/c15-11-8-10-2-1-3-13(14(10)16-9-11)17-12-4-6-18-7-5-12/h1-3,8-9,12,17H,4-7H2. The van der Waals surface area contributed by atoms with Gasteiger partial charge in [-0.1, -0.05) is 12.1 Å². The summed E-state index contributed by atoms with van der Waals surface area (Å²) < 4.78 is 6.39. The molecule has 2 heterocycles. The van der Waals surface area contributed by atoms with Crippen LogP contribution in [0.2, 0.25) is 0 Å². The molecule has 0 radical (unpaired) electrons. The van der Waals surface area contributed by atoms with E-state index in [-0.39, 0.29) is 0 Å². The van der Waals surface area contributed by atoms with Gasteiger partial charge in [0.15, 0.2) is 0 Å². The van der Waals surface area contributed by atoms with Gasteiger partial charge in [-0.3, -0.25) is 4.98 Å². The van der Waals surface area contributed by atoms with Crippen molar-refractivity contribution < 1.29 is 4.74 Å². The molecule has 0 spiro atoms. The zero-order valence-corrected chi connectivity index (χ0v) is 11.6. The van der Waals surface area contributed by atoms with Gasteiger partial charge >= 0.3 is 0 Å². The number of anilines is 1. The maximum atomic E-state index is 5.38. The SMILES string of the molecule is Brc1cnc2c(NC3CCOCC3)cccc2c1. The molecule has 0 amide bonds. The van der Waals surface area contributed by atoms with Crippen LogP contribution in [0.25, 0.3) is 10.9 Å². The smallest absolute Gasteiger partial charge is 0.0934 e. The van der Waals surface area contributed by atoms with Crippen LogP contribution in [0.1, 0.15) is 12.8 Å². The maximum absolute atomic E-state index is 5.38. The molecule has 1 aromatic carbocycles. The number of pyridine rings is 1. The Kier molecular flexibility index (Phi) is 3.48. The van der Waals surface area contributed by atoms with Gasteiger partial charge in [-0.15, -0.1) is 0 Å². The molecule has 2 aromatic rings. The van der Waals surface area contributed by atoms with Crippen molar-refractivity contribution in [3.63, 3.8) is 0 Å². The molecule has 4 heteroatoms.